The molecule has 1 fully saturated rings. The summed E-state index contributed by atoms with van der Waals surface area (Å²) in [5.74, 6) is -0.0208. The molecule has 1 saturated heterocycles. The van der Waals surface area contributed by atoms with Gasteiger partial charge in [0.15, 0.2) is 0 Å². The van der Waals surface area contributed by atoms with E-state index in [4.69, 9.17) is 10.5 Å². The minimum absolute atomic E-state index is 0.0739. The van der Waals surface area contributed by atoms with Crippen molar-refractivity contribution >= 4 is 5.91 Å². The number of nitrogens with one attached hydrogen (secondary N) is 1. The number of ether oxygens (including phenoxy) is 1. The third kappa shape index (κ3) is 4.64. The third-order valence-electron chi connectivity index (χ3n) is 3.22. The highest BCUT2D eigenvalue weighted by atomic mass is 16.5. The van der Waals surface area contributed by atoms with Crippen LogP contribution < -0.4 is 11.1 Å². The predicted molar refractivity (Wildman–Crippen MR) is 68.6 cm³/mol. The molecule has 3 N–H and O–H groups in total. The molecule has 3 unspecified atom stereocenters. The van der Waals surface area contributed by atoms with E-state index in [1.807, 2.05) is 6.92 Å². The molecule has 0 radical (unpaired) electrons. The van der Waals surface area contributed by atoms with Crippen LogP contribution in [0.25, 0.3) is 0 Å². The van der Waals surface area contributed by atoms with Crippen LogP contribution in [0.15, 0.2) is 0 Å². The second-order valence-electron chi connectivity index (χ2n) is 6.18. The molecule has 4 nitrogen and oxygen atoms in total. The molecule has 0 aromatic heterocycles. The van der Waals surface area contributed by atoms with E-state index >= 15 is 0 Å². The molecule has 0 aromatic rings. The maximum absolute atomic E-state index is 12.1. The van der Waals surface area contributed by atoms with Crippen LogP contribution in [0.4, 0.5) is 0 Å². The normalized spacial score (nSPS) is 26.9. The van der Waals surface area contributed by atoms with Crippen molar-refractivity contribution in [2.75, 3.05) is 13.2 Å². The van der Waals surface area contributed by atoms with Crippen molar-refractivity contribution in [1.29, 1.82) is 0 Å². The molecule has 0 aliphatic carbocycles. The quantitative estimate of drug-likeness (QED) is 0.781. The van der Waals surface area contributed by atoms with Gasteiger partial charge >= 0.3 is 0 Å². The van der Waals surface area contributed by atoms with Crippen LogP contribution in [0, 0.1) is 11.3 Å². The zero-order chi connectivity index (χ0) is 13.1. The third-order valence-corrected chi connectivity index (χ3v) is 3.22. The van der Waals surface area contributed by atoms with E-state index in [1.165, 1.54) is 0 Å². The number of amides is 1. The summed E-state index contributed by atoms with van der Waals surface area (Å²) in [6.07, 6.45) is 1.84. The van der Waals surface area contributed by atoms with E-state index in [0.29, 0.717) is 6.54 Å². The smallest absolute Gasteiger partial charge is 0.224 e. The fourth-order valence-electron chi connectivity index (χ4n) is 2.24. The molecule has 17 heavy (non-hydrogen) atoms. The molecule has 0 saturated carbocycles. The minimum atomic E-state index is -0.0946. The second-order valence-corrected chi connectivity index (χ2v) is 6.18. The van der Waals surface area contributed by atoms with Gasteiger partial charge in [-0.25, -0.2) is 0 Å². The molecule has 1 amide bonds. The Morgan fingerprint density at radius 2 is 2.18 bits per heavy atom. The van der Waals surface area contributed by atoms with Crippen LogP contribution in [0.5, 0.6) is 0 Å². The van der Waals surface area contributed by atoms with Gasteiger partial charge < -0.3 is 15.8 Å². The Kier molecular flexibility index (Phi) is 4.95. The van der Waals surface area contributed by atoms with E-state index in [2.05, 4.69) is 26.1 Å². The van der Waals surface area contributed by atoms with Crippen molar-refractivity contribution in [2.24, 2.45) is 17.1 Å². The molecule has 0 aromatic carbocycles. The Hall–Kier alpha value is -0.610. The first-order valence-corrected chi connectivity index (χ1v) is 6.45. The number of hydrogen-bond acceptors (Lipinski definition) is 3. The largest absolute Gasteiger partial charge is 0.376 e. The molecule has 1 aliphatic rings. The van der Waals surface area contributed by atoms with Gasteiger partial charge in [0.1, 0.15) is 0 Å². The lowest BCUT2D eigenvalue weighted by Gasteiger charge is -2.26. The number of carbonyl (C=O) groups is 1. The summed E-state index contributed by atoms with van der Waals surface area (Å²) in [4.78, 5) is 12.1. The molecule has 3 atom stereocenters. The number of carbonyl (C=O) groups excluding carboxylic acids is 1. The first-order chi connectivity index (χ1) is 7.83. The van der Waals surface area contributed by atoms with Gasteiger partial charge in [0.25, 0.3) is 0 Å². The van der Waals surface area contributed by atoms with Crippen molar-refractivity contribution < 1.29 is 9.53 Å². The molecule has 0 spiro atoms. The van der Waals surface area contributed by atoms with Gasteiger partial charge in [0, 0.05) is 13.2 Å². The van der Waals surface area contributed by atoms with Crippen LogP contribution >= 0.6 is 0 Å². The Morgan fingerprint density at radius 3 is 2.59 bits per heavy atom. The lowest BCUT2D eigenvalue weighted by Crippen LogP contribution is -2.45. The van der Waals surface area contributed by atoms with Gasteiger partial charge in [0.05, 0.1) is 18.1 Å². The topological polar surface area (TPSA) is 64.3 Å². The maximum atomic E-state index is 12.1. The highest BCUT2D eigenvalue weighted by molar-refractivity contribution is 5.79. The van der Waals surface area contributed by atoms with Crippen LogP contribution in [-0.4, -0.2) is 31.2 Å². The summed E-state index contributed by atoms with van der Waals surface area (Å²) in [6.45, 7) is 9.53. The Balaban J connectivity index is 2.49. The molecule has 1 aliphatic heterocycles. The summed E-state index contributed by atoms with van der Waals surface area (Å²) >= 11 is 0. The second kappa shape index (κ2) is 5.83. The standard InChI is InChI=1S/C13H26N2O2/c1-9-11(5-6-17-9)15-12(16)10(8-14)7-13(2,3)4/h9-11H,5-8,14H2,1-4H3,(H,15,16). The average molecular weight is 242 g/mol. The van der Waals surface area contributed by atoms with Crippen LogP contribution in [-0.2, 0) is 9.53 Å². The fraction of sp³-hybridized carbons (Fsp3) is 0.923. The van der Waals surface area contributed by atoms with Crippen molar-refractivity contribution in [3.8, 4) is 0 Å². The van der Waals surface area contributed by atoms with Crippen molar-refractivity contribution in [2.45, 2.75) is 52.7 Å². The van der Waals surface area contributed by atoms with E-state index in [0.717, 1.165) is 19.4 Å². The van der Waals surface area contributed by atoms with E-state index in [1.54, 1.807) is 0 Å². The Morgan fingerprint density at radius 1 is 1.53 bits per heavy atom. The van der Waals surface area contributed by atoms with Gasteiger partial charge in [-0.1, -0.05) is 20.8 Å². The molecule has 1 heterocycles. The summed E-state index contributed by atoms with van der Waals surface area (Å²) in [5.41, 5.74) is 5.82. The number of nitrogens with two attached hydrogens (primary N) is 1. The van der Waals surface area contributed by atoms with Crippen LogP contribution in [0.2, 0.25) is 0 Å². The van der Waals surface area contributed by atoms with E-state index in [9.17, 15) is 4.79 Å². The zero-order valence-corrected chi connectivity index (χ0v) is 11.5. The summed E-state index contributed by atoms with van der Waals surface area (Å²) in [7, 11) is 0. The highest BCUT2D eigenvalue weighted by Gasteiger charge is 2.29. The molecule has 0 bridgehead atoms. The van der Waals surface area contributed by atoms with Crippen molar-refractivity contribution in [3.63, 3.8) is 0 Å². The number of rotatable bonds is 4. The maximum Gasteiger partial charge on any atom is 0.224 e. The Labute approximate surface area is 104 Å². The van der Waals surface area contributed by atoms with E-state index in [-0.39, 0.29) is 29.4 Å². The van der Waals surface area contributed by atoms with Gasteiger partial charge in [-0.05, 0) is 25.2 Å². The fourth-order valence-corrected chi connectivity index (χ4v) is 2.24. The summed E-state index contributed by atoms with van der Waals surface area (Å²) < 4.78 is 5.43. The molecular weight excluding hydrogens is 216 g/mol. The first kappa shape index (κ1) is 14.5. The van der Waals surface area contributed by atoms with Gasteiger partial charge in [-0.2, -0.15) is 0 Å². The Bertz CT molecular complexity index is 261. The summed E-state index contributed by atoms with van der Waals surface area (Å²) in [6, 6.07) is 0.150. The first-order valence-electron chi connectivity index (χ1n) is 6.45. The number of hydrogen-bond donors (Lipinski definition) is 2. The predicted octanol–water partition coefficient (Wildman–Crippen LogP) is 1.29. The summed E-state index contributed by atoms with van der Waals surface area (Å²) in [5, 5.41) is 3.06. The highest BCUT2D eigenvalue weighted by Crippen LogP contribution is 2.24. The lowest BCUT2D eigenvalue weighted by atomic mass is 9.84. The molecule has 100 valence electrons. The van der Waals surface area contributed by atoms with Gasteiger partial charge in [-0.15, -0.1) is 0 Å². The molecule has 4 heteroatoms. The van der Waals surface area contributed by atoms with Gasteiger partial charge in [0.2, 0.25) is 5.91 Å². The monoisotopic (exact) mass is 242 g/mol. The van der Waals surface area contributed by atoms with Crippen molar-refractivity contribution in [3.05, 3.63) is 0 Å². The van der Waals surface area contributed by atoms with Crippen LogP contribution in [0.3, 0.4) is 0 Å². The zero-order valence-electron chi connectivity index (χ0n) is 11.5. The van der Waals surface area contributed by atoms with Crippen molar-refractivity contribution in [1.82, 2.24) is 5.32 Å². The van der Waals surface area contributed by atoms with E-state index < -0.39 is 0 Å². The van der Waals surface area contributed by atoms with Gasteiger partial charge in [-0.3, -0.25) is 4.79 Å². The molecular formula is C13H26N2O2. The van der Waals surface area contributed by atoms with Crippen LogP contribution in [0.1, 0.15) is 40.5 Å². The molecule has 1 rings (SSSR count). The SMILES string of the molecule is CC1OCCC1NC(=O)C(CN)CC(C)(C)C. The lowest BCUT2D eigenvalue weighted by molar-refractivity contribution is -0.126. The minimum Gasteiger partial charge on any atom is -0.376 e. The average Bonchev–Trinajstić information content (AvgIpc) is 2.59.